The highest BCUT2D eigenvalue weighted by atomic mass is 16.5. The third kappa shape index (κ3) is 4.03. The van der Waals surface area contributed by atoms with E-state index in [9.17, 15) is 4.79 Å². The van der Waals surface area contributed by atoms with Crippen LogP contribution in [0.3, 0.4) is 0 Å². The smallest absolute Gasteiger partial charge is 0.242 e. The lowest BCUT2D eigenvalue weighted by Gasteiger charge is -2.19. The Morgan fingerprint density at radius 2 is 1.86 bits per heavy atom. The van der Waals surface area contributed by atoms with Crippen molar-refractivity contribution in [1.82, 2.24) is 5.32 Å². The summed E-state index contributed by atoms with van der Waals surface area (Å²) < 4.78 is 10.5. The average Bonchev–Trinajstić information content (AvgIpc) is 2.99. The topological polar surface area (TPSA) is 59.6 Å². The number of nitrogens with one attached hydrogen (secondary N) is 2. The first kappa shape index (κ1) is 15.5. The highest BCUT2D eigenvalue weighted by Crippen LogP contribution is 2.30. The maximum atomic E-state index is 12.2. The Bertz CT molecular complexity index is 484. The molecule has 1 aromatic rings. The van der Waals surface area contributed by atoms with Gasteiger partial charge in [-0.3, -0.25) is 4.79 Å². The van der Waals surface area contributed by atoms with Gasteiger partial charge in [0, 0.05) is 17.8 Å². The van der Waals surface area contributed by atoms with Crippen LogP contribution >= 0.6 is 0 Å². The number of methoxy groups -OCH3 is 2. The van der Waals surface area contributed by atoms with E-state index in [4.69, 9.17) is 9.47 Å². The van der Waals surface area contributed by atoms with Crippen LogP contribution in [-0.2, 0) is 4.79 Å². The van der Waals surface area contributed by atoms with Crippen LogP contribution in [0.2, 0.25) is 0 Å². The van der Waals surface area contributed by atoms with Gasteiger partial charge < -0.3 is 20.1 Å². The Hall–Kier alpha value is -1.91. The molecule has 1 fully saturated rings. The molecular formula is C16H24N2O3. The molecule has 1 atom stereocenters. The third-order valence-corrected chi connectivity index (χ3v) is 3.86. The highest BCUT2D eigenvalue weighted by molar-refractivity contribution is 5.84. The fraction of sp³-hybridized carbons (Fsp3) is 0.562. The molecule has 1 aromatic carbocycles. The van der Waals surface area contributed by atoms with E-state index in [2.05, 4.69) is 10.6 Å². The summed E-state index contributed by atoms with van der Waals surface area (Å²) in [5.74, 6) is 1.36. The van der Waals surface area contributed by atoms with Gasteiger partial charge in [-0.1, -0.05) is 12.8 Å². The first-order valence-electron chi connectivity index (χ1n) is 7.43. The highest BCUT2D eigenvalue weighted by Gasteiger charge is 2.20. The second-order valence-electron chi connectivity index (χ2n) is 5.43. The zero-order valence-electron chi connectivity index (χ0n) is 12.9. The number of anilines is 1. The maximum Gasteiger partial charge on any atom is 0.242 e. The van der Waals surface area contributed by atoms with Gasteiger partial charge in [-0.25, -0.2) is 0 Å². The maximum absolute atomic E-state index is 12.2. The summed E-state index contributed by atoms with van der Waals surface area (Å²) in [5, 5.41) is 6.29. The van der Waals surface area contributed by atoms with Gasteiger partial charge in [0.15, 0.2) is 11.5 Å². The van der Waals surface area contributed by atoms with Gasteiger partial charge in [0.1, 0.15) is 6.04 Å². The summed E-state index contributed by atoms with van der Waals surface area (Å²) in [6.45, 7) is 1.86. The molecule has 5 heteroatoms. The van der Waals surface area contributed by atoms with Gasteiger partial charge in [0.05, 0.1) is 14.2 Å². The molecule has 0 spiro atoms. The van der Waals surface area contributed by atoms with Gasteiger partial charge >= 0.3 is 0 Å². The zero-order valence-corrected chi connectivity index (χ0v) is 12.9. The SMILES string of the molecule is COc1ccc(N[C@@H](C)C(=O)NC2CCCC2)cc1OC. The van der Waals surface area contributed by atoms with E-state index in [0.717, 1.165) is 18.5 Å². The van der Waals surface area contributed by atoms with E-state index in [1.54, 1.807) is 14.2 Å². The van der Waals surface area contributed by atoms with Crippen molar-refractivity contribution in [3.8, 4) is 11.5 Å². The molecule has 0 heterocycles. The molecule has 2 N–H and O–H groups in total. The minimum Gasteiger partial charge on any atom is -0.493 e. The minimum absolute atomic E-state index is 0.0386. The molecule has 1 aliphatic carbocycles. The lowest BCUT2D eigenvalue weighted by Crippen LogP contribution is -2.42. The van der Waals surface area contributed by atoms with Crippen molar-refractivity contribution in [2.75, 3.05) is 19.5 Å². The number of benzene rings is 1. The number of amides is 1. The normalized spacial score (nSPS) is 16.3. The molecule has 1 amide bonds. The van der Waals surface area contributed by atoms with Crippen LogP contribution < -0.4 is 20.1 Å². The van der Waals surface area contributed by atoms with Gasteiger partial charge in [-0.05, 0) is 31.9 Å². The molecule has 0 saturated heterocycles. The standard InChI is InChI=1S/C16H24N2O3/c1-11(16(19)18-12-6-4-5-7-12)17-13-8-9-14(20-2)15(10-13)21-3/h8-12,17H,4-7H2,1-3H3,(H,18,19)/t11-/m0/s1. The van der Waals surface area contributed by atoms with E-state index < -0.39 is 0 Å². The summed E-state index contributed by atoms with van der Waals surface area (Å²) in [5.41, 5.74) is 0.835. The fourth-order valence-corrected chi connectivity index (χ4v) is 2.64. The van der Waals surface area contributed by atoms with Crippen LogP contribution in [-0.4, -0.2) is 32.2 Å². The summed E-state index contributed by atoms with van der Waals surface area (Å²) in [6, 6.07) is 5.58. The van der Waals surface area contributed by atoms with Crippen molar-refractivity contribution in [1.29, 1.82) is 0 Å². The number of hydrogen-bond donors (Lipinski definition) is 2. The molecule has 0 bridgehead atoms. The minimum atomic E-state index is -0.288. The second-order valence-corrected chi connectivity index (χ2v) is 5.43. The molecule has 21 heavy (non-hydrogen) atoms. The largest absolute Gasteiger partial charge is 0.493 e. The molecular weight excluding hydrogens is 268 g/mol. The van der Waals surface area contributed by atoms with Gasteiger partial charge in [-0.2, -0.15) is 0 Å². The van der Waals surface area contributed by atoms with E-state index >= 15 is 0 Å². The molecule has 2 rings (SSSR count). The van der Waals surface area contributed by atoms with Crippen LogP contribution in [0.15, 0.2) is 18.2 Å². The summed E-state index contributed by atoms with van der Waals surface area (Å²) in [4.78, 5) is 12.2. The number of ether oxygens (including phenoxy) is 2. The second kappa shape index (κ2) is 7.20. The van der Waals surface area contributed by atoms with E-state index in [1.165, 1.54) is 12.8 Å². The molecule has 0 aliphatic heterocycles. The van der Waals surface area contributed by atoms with E-state index in [1.807, 2.05) is 25.1 Å². The molecule has 5 nitrogen and oxygen atoms in total. The van der Waals surface area contributed by atoms with Gasteiger partial charge in [0.25, 0.3) is 0 Å². The van der Waals surface area contributed by atoms with E-state index in [-0.39, 0.29) is 11.9 Å². The van der Waals surface area contributed by atoms with Crippen molar-refractivity contribution >= 4 is 11.6 Å². The van der Waals surface area contributed by atoms with Gasteiger partial charge in [-0.15, -0.1) is 0 Å². The zero-order chi connectivity index (χ0) is 15.2. The van der Waals surface area contributed by atoms with Crippen LogP contribution in [0.4, 0.5) is 5.69 Å². The Labute approximate surface area is 126 Å². The monoisotopic (exact) mass is 292 g/mol. The lowest BCUT2D eigenvalue weighted by atomic mass is 10.2. The Morgan fingerprint density at radius 1 is 1.19 bits per heavy atom. The van der Waals surface area contributed by atoms with Crippen molar-refractivity contribution in [2.24, 2.45) is 0 Å². The summed E-state index contributed by atoms with van der Waals surface area (Å²) in [6.07, 6.45) is 4.61. The molecule has 116 valence electrons. The molecule has 0 unspecified atom stereocenters. The fourth-order valence-electron chi connectivity index (χ4n) is 2.64. The quantitative estimate of drug-likeness (QED) is 0.846. The summed E-state index contributed by atoms with van der Waals surface area (Å²) in [7, 11) is 3.19. The van der Waals surface area contributed by atoms with Crippen LogP contribution in [0, 0.1) is 0 Å². The first-order chi connectivity index (χ1) is 10.1. The predicted molar refractivity (Wildman–Crippen MR) is 83.0 cm³/mol. The lowest BCUT2D eigenvalue weighted by molar-refractivity contribution is -0.122. The molecule has 1 aliphatic rings. The first-order valence-corrected chi connectivity index (χ1v) is 7.43. The van der Waals surface area contributed by atoms with Crippen LogP contribution in [0.25, 0.3) is 0 Å². The number of hydrogen-bond acceptors (Lipinski definition) is 4. The Kier molecular flexibility index (Phi) is 5.31. The van der Waals surface area contributed by atoms with Crippen molar-refractivity contribution in [3.63, 3.8) is 0 Å². The van der Waals surface area contributed by atoms with E-state index in [0.29, 0.717) is 17.5 Å². The van der Waals surface area contributed by atoms with Crippen molar-refractivity contribution in [2.45, 2.75) is 44.7 Å². The van der Waals surface area contributed by atoms with Crippen LogP contribution in [0.5, 0.6) is 11.5 Å². The van der Waals surface area contributed by atoms with Crippen molar-refractivity contribution < 1.29 is 14.3 Å². The molecule has 0 aromatic heterocycles. The van der Waals surface area contributed by atoms with Gasteiger partial charge in [0.2, 0.25) is 5.91 Å². The molecule has 1 saturated carbocycles. The number of carbonyl (C=O) groups excluding carboxylic acids is 1. The Balaban J connectivity index is 1.94. The third-order valence-electron chi connectivity index (χ3n) is 3.86. The van der Waals surface area contributed by atoms with Crippen LogP contribution in [0.1, 0.15) is 32.6 Å². The van der Waals surface area contributed by atoms with Crippen molar-refractivity contribution in [3.05, 3.63) is 18.2 Å². The molecule has 0 radical (unpaired) electrons. The summed E-state index contributed by atoms with van der Waals surface area (Å²) >= 11 is 0. The number of carbonyl (C=O) groups is 1. The number of rotatable bonds is 6. The predicted octanol–water partition coefficient (Wildman–Crippen LogP) is 2.56. The Morgan fingerprint density at radius 3 is 2.48 bits per heavy atom. The average molecular weight is 292 g/mol.